The molecule has 0 bridgehead atoms. The van der Waals surface area contributed by atoms with E-state index in [2.05, 4.69) is 4.74 Å². The third-order valence-electron chi connectivity index (χ3n) is 2.79. The van der Waals surface area contributed by atoms with Crippen molar-refractivity contribution in [2.75, 3.05) is 11.4 Å². The lowest BCUT2D eigenvalue weighted by Gasteiger charge is -2.18. The number of rotatable bonds is 3. The smallest absolute Gasteiger partial charge is 0.406 e. The van der Waals surface area contributed by atoms with Crippen LogP contribution >= 0.6 is 11.8 Å². The summed E-state index contributed by atoms with van der Waals surface area (Å²) in [5.41, 5.74) is 0.327. The number of carbonyl (C=O) groups excluding carboxylic acids is 2. The number of benzene rings is 1. The number of anilines is 1. The van der Waals surface area contributed by atoms with Gasteiger partial charge in [-0.1, -0.05) is 17.8 Å². The molecule has 114 valence electrons. The Kier molecular flexibility index (Phi) is 4.46. The highest BCUT2D eigenvalue weighted by Crippen LogP contribution is 2.31. The molecular weight excluding hydrogens is 307 g/mol. The number of nitrogens with zero attached hydrogens (tertiary/aromatic N) is 1. The first-order valence-corrected chi connectivity index (χ1v) is 6.96. The first-order valence-electron chi connectivity index (χ1n) is 6.08. The Bertz CT molecular complexity index is 562. The zero-order valence-electron chi connectivity index (χ0n) is 11.0. The molecule has 0 spiro atoms. The maximum Gasteiger partial charge on any atom is 0.573 e. The molecule has 21 heavy (non-hydrogen) atoms. The summed E-state index contributed by atoms with van der Waals surface area (Å²) < 4.78 is 40.4. The van der Waals surface area contributed by atoms with Gasteiger partial charge in [-0.15, -0.1) is 13.2 Å². The van der Waals surface area contributed by atoms with Gasteiger partial charge < -0.3 is 9.64 Å². The standard InChI is InChI=1S/C13H12F3NO3S/c1-8(18)21-11-6-12(19)17(7-11)9-3-2-4-10(5-9)20-13(14,15)16/h2-5,11H,6-7H2,1H3. The Morgan fingerprint density at radius 1 is 1.43 bits per heavy atom. The molecular formula is C13H12F3NO3S. The van der Waals surface area contributed by atoms with Gasteiger partial charge in [0, 0.05) is 36.9 Å². The number of halogens is 3. The molecule has 1 aliphatic heterocycles. The van der Waals surface area contributed by atoms with Gasteiger partial charge in [-0.05, 0) is 12.1 Å². The van der Waals surface area contributed by atoms with E-state index in [4.69, 9.17) is 0 Å². The topological polar surface area (TPSA) is 46.6 Å². The normalized spacial score (nSPS) is 19.0. The second-order valence-corrected chi connectivity index (χ2v) is 5.96. The molecule has 1 saturated heterocycles. The Balaban J connectivity index is 2.13. The predicted molar refractivity (Wildman–Crippen MR) is 72.2 cm³/mol. The van der Waals surface area contributed by atoms with E-state index in [9.17, 15) is 22.8 Å². The third kappa shape index (κ3) is 4.38. The molecule has 1 heterocycles. The van der Waals surface area contributed by atoms with Crippen molar-refractivity contribution in [1.82, 2.24) is 0 Å². The predicted octanol–water partition coefficient (Wildman–Crippen LogP) is 2.97. The largest absolute Gasteiger partial charge is 0.573 e. The van der Waals surface area contributed by atoms with Crippen LogP contribution in [-0.4, -0.2) is 29.2 Å². The number of thioether (sulfide) groups is 1. The van der Waals surface area contributed by atoms with Crippen LogP contribution in [0.25, 0.3) is 0 Å². The third-order valence-corrected chi connectivity index (χ3v) is 3.77. The molecule has 1 atom stereocenters. The van der Waals surface area contributed by atoms with Crippen molar-refractivity contribution in [3.05, 3.63) is 24.3 Å². The van der Waals surface area contributed by atoms with E-state index in [-0.39, 0.29) is 28.4 Å². The minimum Gasteiger partial charge on any atom is -0.406 e. The van der Waals surface area contributed by atoms with Crippen molar-refractivity contribution in [3.8, 4) is 5.75 Å². The summed E-state index contributed by atoms with van der Waals surface area (Å²) in [5.74, 6) is -0.603. The molecule has 0 aromatic heterocycles. The molecule has 1 unspecified atom stereocenters. The van der Waals surface area contributed by atoms with Gasteiger partial charge in [0.15, 0.2) is 5.12 Å². The number of hydrogen-bond acceptors (Lipinski definition) is 4. The lowest BCUT2D eigenvalue weighted by Crippen LogP contribution is -2.25. The molecule has 1 fully saturated rings. The highest BCUT2D eigenvalue weighted by molar-refractivity contribution is 8.14. The zero-order chi connectivity index (χ0) is 15.6. The minimum atomic E-state index is -4.78. The fourth-order valence-electron chi connectivity index (χ4n) is 2.09. The second-order valence-electron chi connectivity index (χ2n) is 4.49. The first-order chi connectivity index (χ1) is 9.74. The number of amides is 1. The quantitative estimate of drug-likeness (QED) is 0.859. The van der Waals surface area contributed by atoms with Crippen LogP contribution in [0.15, 0.2) is 24.3 Å². The van der Waals surface area contributed by atoms with Gasteiger partial charge in [0.05, 0.1) is 0 Å². The molecule has 1 amide bonds. The van der Waals surface area contributed by atoms with Gasteiger partial charge in [-0.25, -0.2) is 0 Å². The van der Waals surface area contributed by atoms with Crippen molar-refractivity contribution in [2.45, 2.75) is 25.0 Å². The van der Waals surface area contributed by atoms with Crippen LogP contribution < -0.4 is 9.64 Å². The van der Waals surface area contributed by atoms with Crippen LogP contribution in [0.1, 0.15) is 13.3 Å². The monoisotopic (exact) mass is 319 g/mol. The summed E-state index contributed by atoms with van der Waals surface area (Å²) >= 11 is 1.07. The molecule has 0 aliphatic carbocycles. The molecule has 1 aliphatic rings. The van der Waals surface area contributed by atoms with E-state index in [1.807, 2.05) is 0 Å². The van der Waals surface area contributed by atoms with E-state index in [1.165, 1.54) is 30.0 Å². The van der Waals surface area contributed by atoms with E-state index >= 15 is 0 Å². The fourth-order valence-corrected chi connectivity index (χ4v) is 3.01. The first kappa shape index (κ1) is 15.7. The van der Waals surface area contributed by atoms with Crippen LogP contribution in [0.4, 0.5) is 18.9 Å². The van der Waals surface area contributed by atoms with Gasteiger partial charge >= 0.3 is 6.36 Å². The average Bonchev–Trinajstić information content (AvgIpc) is 2.67. The maximum absolute atomic E-state index is 12.2. The van der Waals surface area contributed by atoms with Gasteiger partial charge in [0.1, 0.15) is 5.75 Å². The Labute approximate surface area is 123 Å². The van der Waals surface area contributed by atoms with Gasteiger partial charge in [0.2, 0.25) is 5.91 Å². The average molecular weight is 319 g/mol. The van der Waals surface area contributed by atoms with E-state index in [0.717, 1.165) is 17.8 Å². The molecule has 0 N–H and O–H groups in total. The van der Waals surface area contributed by atoms with Gasteiger partial charge in [-0.2, -0.15) is 0 Å². The number of alkyl halides is 3. The van der Waals surface area contributed by atoms with Gasteiger partial charge in [0.25, 0.3) is 0 Å². The number of carbonyl (C=O) groups is 2. The van der Waals surface area contributed by atoms with Crippen LogP contribution in [0.2, 0.25) is 0 Å². The SMILES string of the molecule is CC(=O)SC1CC(=O)N(c2cccc(OC(F)(F)F)c2)C1. The van der Waals surface area contributed by atoms with E-state index in [1.54, 1.807) is 0 Å². The van der Waals surface area contributed by atoms with Crippen molar-refractivity contribution in [2.24, 2.45) is 0 Å². The lowest BCUT2D eigenvalue weighted by atomic mass is 10.3. The Hall–Kier alpha value is -1.70. The van der Waals surface area contributed by atoms with Crippen molar-refractivity contribution < 1.29 is 27.5 Å². The Morgan fingerprint density at radius 2 is 2.14 bits per heavy atom. The number of ether oxygens (including phenoxy) is 1. The summed E-state index contributed by atoms with van der Waals surface area (Å²) in [5, 5.41) is -0.272. The minimum absolute atomic E-state index is 0.0937. The summed E-state index contributed by atoms with van der Waals surface area (Å²) in [7, 11) is 0. The highest BCUT2D eigenvalue weighted by Gasteiger charge is 2.33. The second kappa shape index (κ2) is 5.97. The fraction of sp³-hybridized carbons (Fsp3) is 0.385. The van der Waals surface area contributed by atoms with Crippen molar-refractivity contribution in [3.63, 3.8) is 0 Å². The maximum atomic E-state index is 12.2. The van der Waals surface area contributed by atoms with E-state index in [0.29, 0.717) is 12.2 Å². The van der Waals surface area contributed by atoms with Crippen LogP contribution in [0.3, 0.4) is 0 Å². The van der Waals surface area contributed by atoms with Crippen LogP contribution in [0, 0.1) is 0 Å². The summed E-state index contributed by atoms with van der Waals surface area (Å²) in [6.07, 6.45) is -4.59. The van der Waals surface area contributed by atoms with Crippen LogP contribution in [0.5, 0.6) is 5.75 Å². The zero-order valence-corrected chi connectivity index (χ0v) is 11.8. The van der Waals surface area contributed by atoms with Crippen molar-refractivity contribution >= 4 is 28.5 Å². The van der Waals surface area contributed by atoms with Crippen LogP contribution in [-0.2, 0) is 9.59 Å². The molecule has 1 aromatic carbocycles. The highest BCUT2D eigenvalue weighted by atomic mass is 32.2. The molecule has 4 nitrogen and oxygen atoms in total. The summed E-state index contributed by atoms with van der Waals surface area (Å²) in [6.45, 7) is 1.70. The molecule has 0 radical (unpaired) electrons. The van der Waals surface area contributed by atoms with E-state index < -0.39 is 6.36 Å². The molecule has 1 aromatic rings. The molecule has 8 heteroatoms. The summed E-state index contributed by atoms with van der Waals surface area (Å²) in [4.78, 5) is 24.3. The molecule has 0 saturated carbocycles. The number of hydrogen-bond donors (Lipinski definition) is 0. The Morgan fingerprint density at radius 3 is 2.76 bits per heavy atom. The lowest BCUT2D eigenvalue weighted by molar-refractivity contribution is -0.274. The molecule has 2 rings (SSSR count). The van der Waals surface area contributed by atoms with Gasteiger partial charge in [-0.3, -0.25) is 9.59 Å². The van der Waals surface area contributed by atoms with Crippen molar-refractivity contribution in [1.29, 1.82) is 0 Å². The summed E-state index contributed by atoms with van der Waals surface area (Å²) in [6, 6.07) is 5.24.